The van der Waals surface area contributed by atoms with Gasteiger partial charge >= 0.3 is 0 Å². The van der Waals surface area contributed by atoms with Crippen molar-refractivity contribution in [3.63, 3.8) is 0 Å². The van der Waals surface area contributed by atoms with E-state index < -0.39 is 6.04 Å². The maximum Gasteiger partial charge on any atom is 0.261 e. The number of carbonyl (C=O) groups is 2. The molecular weight excluding hydrogens is 491 g/mol. The molecule has 1 atom stereocenters. The Morgan fingerprint density at radius 3 is 2.43 bits per heavy atom. The van der Waals surface area contributed by atoms with E-state index >= 15 is 0 Å². The third-order valence-electron chi connectivity index (χ3n) is 4.47. The van der Waals surface area contributed by atoms with Gasteiger partial charge in [0.2, 0.25) is 5.91 Å². The highest BCUT2D eigenvalue weighted by Gasteiger charge is 2.29. The van der Waals surface area contributed by atoms with E-state index in [1.54, 1.807) is 30.3 Å². The molecule has 162 valence electrons. The number of hydrogen-bond donors (Lipinski definition) is 1. The molecule has 0 aliphatic heterocycles. The van der Waals surface area contributed by atoms with Gasteiger partial charge in [0.05, 0.1) is 0 Å². The molecule has 8 heteroatoms. The third kappa shape index (κ3) is 7.18. The molecule has 5 nitrogen and oxygen atoms in total. The maximum atomic E-state index is 13.1. The average Bonchev–Trinajstić information content (AvgIpc) is 2.73. The number of amides is 2. The molecule has 0 aromatic heterocycles. The molecule has 2 aromatic carbocycles. The molecule has 1 N–H and O–H groups in total. The fourth-order valence-corrected chi connectivity index (χ4v) is 3.61. The van der Waals surface area contributed by atoms with Gasteiger partial charge in [0.25, 0.3) is 5.91 Å². The molecule has 0 aliphatic rings. The van der Waals surface area contributed by atoms with Crippen molar-refractivity contribution in [3.05, 3.63) is 62.5 Å². The van der Waals surface area contributed by atoms with E-state index in [0.29, 0.717) is 34.3 Å². The molecule has 0 spiro atoms. The largest absolute Gasteiger partial charge is 0.484 e. The number of halogens is 3. The zero-order valence-corrected chi connectivity index (χ0v) is 20.1. The summed E-state index contributed by atoms with van der Waals surface area (Å²) in [6.07, 6.45) is 1.27. The number of carbonyl (C=O) groups excluding carboxylic acids is 2. The van der Waals surface area contributed by atoms with Crippen molar-refractivity contribution in [2.45, 2.75) is 39.3 Å². The Kier molecular flexibility index (Phi) is 9.95. The van der Waals surface area contributed by atoms with Gasteiger partial charge in [-0.05, 0) is 54.8 Å². The number of ether oxygens (including phenoxy) is 1. The lowest BCUT2D eigenvalue weighted by atomic mass is 10.1. The van der Waals surface area contributed by atoms with Gasteiger partial charge in [0.1, 0.15) is 11.8 Å². The predicted octanol–water partition coefficient (Wildman–Crippen LogP) is 5.47. The summed E-state index contributed by atoms with van der Waals surface area (Å²) in [6, 6.07) is 11.7. The molecule has 0 unspecified atom stereocenters. The second-order valence-corrected chi connectivity index (χ2v) is 8.47. The SMILES string of the molecule is CCCNC(=O)[C@@H](CC)N(Cc1ccc(Cl)cc1Cl)C(=O)COc1ccc(Br)cc1. The molecule has 0 heterocycles. The number of hydrogen-bond acceptors (Lipinski definition) is 3. The van der Waals surface area contributed by atoms with Crippen LogP contribution in [0.3, 0.4) is 0 Å². The van der Waals surface area contributed by atoms with Crippen LogP contribution in [0.1, 0.15) is 32.3 Å². The lowest BCUT2D eigenvalue weighted by Gasteiger charge is -2.30. The summed E-state index contributed by atoms with van der Waals surface area (Å²) in [4.78, 5) is 27.3. The van der Waals surface area contributed by atoms with Gasteiger partial charge in [-0.15, -0.1) is 0 Å². The van der Waals surface area contributed by atoms with Gasteiger partial charge in [0, 0.05) is 27.6 Å². The van der Waals surface area contributed by atoms with Crippen molar-refractivity contribution in [1.82, 2.24) is 10.2 Å². The lowest BCUT2D eigenvalue weighted by molar-refractivity contribution is -0.143. The fraction of sp³-hybridized carbons (Fsp3) is 0.364. The monoisotopic (exact) mass is 514 g/mol. The summed E-state index contributed by atoms with van der Waals surface area (Å²) < 4.78 is 6.56. The topological polar surface area (TPSA) is 58.6 Å². The van der Waals surface area contributed by atoms with Gasteiger partial charge in [-0.25, -0.2) is 0 Å². The van der Waals surface area contributed by atoms with Crippen LogP contribution < -0.4 is 10.1 Å². The Labute approximate surface area is 195 Å². The minimum Gasteiger partial charge on any atom is -0.484 e. The standard InChI is InChI=1S/C22H25BrCl2N2O3/c1-3-11-26-22(29)20(4-2)27(13-15-5-8-17(24)12-19(15)25)21(28)14-30-18-9-6-16(23)7-10-18/h5-10,12,20H,3-4,11,13-14H2,1-2H3,(H,26,29)/t20-/m1/s1. The van der Waals surface area contributed by atoms with Crippen molar-refractivity contribution in [2.75, 3.05) is 13.2 Å². The van der Waals surface area contributed by atoms with Crippen LogP contribution in [0.4, 0.5) is 0 Å². The van der Waals surface area contributed by atoms with E-state index in [2.05, 4.69) is 21.2 Å². The Morgan fingerprint density at radius 2 is 1.83 bits per heavy atom. The molecule has 0 bridgehead atoms. The normalized spacial score (nSPS) is 11.6. The van der Waals surface area contributed by atoms with E-state index in [9.17, 15) is 9.59 Å². The summed E-state index contributed by atoms with van der Waals surface area (Å²) in [5.41, 5.74) is 0.708. The first-order valence-electron chi connectivity index (χ1n) is 9.75. The second kappa shape index (κ2) is 12.2. The van der Waals surface area contributed by atoms with Crippen LogP contribution >= 0.6 is 39.1 Å². The van der Waals surface area contributed by atoms with Crippen molar-refractivity contribution in [2.24, 2.45) is 0 Å². The van der Waals surface area contributed by atoms with Crippen LogP contribution in [0.5, 0.6) is 5.75 Å². The van der Waals surface area contributed by atoms with Crippen LogP contribution in [0.25, 0.3) is 0 Å². The van der Waals surface area contributed by atoms with E-state index in [0.717, 1.165) is 10.9 Å². The second-order valence-electron chi connectivity index (χ2n) is 6.72. The Morgan fingerprint density at radius 1 is 1.13 bits per heavy atom. The summed E-state index contributed by atoms with van der Waals surface area (Å²) >= 11 is 15.7. The predicted molar refractivity (Wildman–Crippen MR) is 124 cm³/mol. The molecule has 0 saturated heterocycles. The van der Waals surface area contributed by atoms with Crippen molar-refractivity contribution < 1.29 is 14.3 Å². The van der Waals surface area contributed by atoms with Crippen molar-refractivity contribution in [1.29, 1.82) is 0 Å². The van der Waals surface area contributed by atoms with Crippen LogP contribution in [-0.4, -0.2) is 35.9 Å². The average molecular weight is 516 g/mol. The highest BCUT2D eigenvalue weighted by atomic mass is 79.9. The fourth-order valence-electron chi connectivity index (χ4n) is 2.88. The third-order valence-corrected chi connectivity index (χ3v) is 5.58. The number of benzene rings is 2. The van der Waals surface area contributed by atoms with Crippen molar-refractivity contribution >= 4 is 50.9 Å². The van der Waals surface area contributed by atoms with E-state index in [1.807, 2.05) is 26.0 Å². The number of nitrogens with zero attached hydrogens (tertiary/aromatic N) is 1. The van der Waals surface area contributed by atoms with Gasteiger partial charge in [-0.2, -0.15) is 0 Å². The first-order chi connectivity index (χ1) is 14.3. The van der Waals surface area contributed by atoms with Crippen molar-refractivity contribution in [3.8, 4) is 5.75 Å². The molecule has 2 aromatic rings. The molecule has 2 rings (SSSR count). The molecule has 0 saturated carbocycles. The van der Waals surface area contributed by atoms with E-state index in [1.165, 1.54) is 4.90 Å². The first-order valence-corrected chi connectivity index (χ1v) is 11.3. The quantitative estimate of drug-likeness (QED) is 0.456. The highest BCUT2D eigenvalue weighted by molar-refractivity contribution is 9.10. The molecule has 0 fully saturated rings. The molecule has 30 heavy (non-hydrogen) atoms. The summed E-state index contributed by atoms with van der Waals surface area (Å²) in [5, 5.41) is 3.83. The van der Waals surface area contributed by atoms with Crippen LogP contribution in [0.2, 0.25) is 10.0 Å². The van der Waals surface area contributed by atoms with E-state index in [4.69, 9.17) is 27.9 Å². The zero-order chi connectivity index (χ0) is 22.1. The van der Waals surface area contributed by atoms with Crippen LogP contribution in [0, 0.1) is 0 Å². The van der Waals surface area contributed by atoms with Gasteiger partial charge in [-0.1, -0.05) is 59.0 Å². The maximum absolute atomic E-state index is 13.1. The van der Waals surface area contributed by atoms with Crippen LogP contribution in [0.15, 0.2) is 46.9 Å². The minimum absolute atomic E-state index is 0.177. The summed E-state index contributed by atoms with van der Waals surface area (Å²) in [6.45, 7) is 4.38. The van der Waals surface area contributed by atoms with Gasteiger partial charge < -0.3 is 15.0 Å². The molecular formula is C22H25BrCl2N2O3. The Bertz CT molecular complexity index is 862. The Balaban J connectivity index is 2.22. The van der Waals surface area contributed by atoms with Gasteiger partial charge in [0.15, 0.2) is 6.61 Å². The summed E-state index contributed by atoms with van der Waals surface area (Å²) in [7, 11) is 0. The zero-order valence-electron chi connectivity index (χ0n) is 17.0. The summed E-state index contributed by atoms with van der Waals surface area (Å²) in [5.74, 6) is 0.0726. The smallest absolute Gasteiger partial charge is 0.261 e. The molecule has 0 aliphatic carbocycles. The lowest BCUT2D eigenvalue weighted by Crippen LogP contribution is -2.50. The highest BCUT2D eigenvalue weighted by Crippen LogP contribution is 2.24. The number of rotatable bonds is 10. The molecule has 0 radical (unpaired) electrons. The number of nitrogens with one attached hydrogen (secondary N) is 1. The van der Waals surface area contributed by atoms with Gasteiger partial charge in [-0.3, -0.25) is 9.59 Å². The van der Waals surface area contributed by atoms with E-state index in [-0.39, 0.29) is 25.0 Å². The van der Waals surface area contributed by atoms with Crippen LogP contribution in [-0.2, 0) is 16.1 Å². The first kappa shape index (κ1) is 24.5. The Hall–Kier alpha value is -1.76. The minimum atomic E-state index is -0.635. The molecule has 2 amide bonds.